The molecule has 0 bridgehead atoms. The number of aromatic nitrogens is 2. The summed E-state index contributed by atoms with van der Waals surface area (Å²) in [6.07, 6.45) is 5.18. The van der Waals surface area contributed by atoms with Crippen LogP contribution in [-0.2, 0) is 11.2 Å². The van der Waals surface area contributed by atoms with E-state index in [1.54, 1.807) is 23.9 Å². The van der Waals surface area contributed by atoms with Gasteiger partial charge in [0.1, 0.15) is 5.82 Å². The Labute approximate surface area is 207 Å². The number of piperidine rings is 1. The van der Waals surface area contributed by atoms with Crippen molar-refractivity contribution in [2.24, 2.45) is 4.99 Å². The fourth-order valence-corrected chi connectivity index (χ4v) is 3.65. The Hall–Kier alpha value is -1.72. The summed E-state index contributed by atoms with van der Waals surface area (Å²) >= 11 is 0. The van der Waals surface area contributed by atoms with Gasteiger partial charge >= 0.3 is 0 Å². The Morgan fingerprint density at radius 1 is 1.22 bits per heavy atom. The van der Waals surface area contributed by atoms with Gasteiger partial charge in [0.15, 0.2) is 5.96 Å². The predicted molar refractivity (Wildman–Crippen MR) is 138 cm³/mol. The van der Waals surface area contributed by atoms with E-state index in [9.17, 15) is 4.39 Å². The fourth-order valence-electron chi connectivity index (χ4n) is 3.65. The summed E-state index contributed by atoms with van der Waals surface area (Å²) < 4.78 is 20.5. The molecule has 7 nitrogen and oxygen atoms in total. The van der Waals surface area contributed by atoms with Crippen molar-refractivity contribution in [1.82, 2.24) is 25.3 Å². The van der Waals surface area contributed by atoms with E-state index in [1.165, 1.54) is 12.1 Å². The molecule has 3 rings (SSSR count). The lowest BCUT2D eigenvalue weighted by atomic mass is 10.1. The number of nitrogens with zero attached hydrogens (tertiary/aromatic N) is 4. The molecule has 1 aromatic heterocycles. The third-order valence-corrected chi connectivity index (χ3v) is 5.42. The van der Waals surface area contributed by atoms with E-state index in [-0.39, 0.29) is 29.8 Å². The number of ether oxygens (including phenoxy) is 1. The van der Waals surface area contributed by atoms with E-state index < -0.39 is 0 Å². The van der Waals surface area contributed by atoms with Crippen LogP contribution in [0.15, 0.2) is 41.5 Å². The Bertz CT molecular complexity index is 818. The largest absolute Gasteiger partial charge is 0.377 e. The molecule has 0 aliphatic carbocycles. The number of likely N-dealkylation sites (tertiary alicyclic amines) is 1. The summed E-state index contributed by atoms with van der Waals surface area (Å²) in [6.45, 7) is 8.86. The summed E-state index contributed by atoms with van der Waals surface area (Å²) in [5, 5.41) is 11.5. The van der Waals surface area contributed by atoms with Crippen LogP contribution < -0.4 is 10.6 Å². The first-order valence-electron chi connectivity index (χ1n) is 11.1. The molecule has 32 heavy (non-hydrogen) atoms. The Morgan fingerprint density at radius 2 is 1.94 bits per heavy atom. The molecule has 0 radical (unpaired) electrons. The minimum absolute atomic E-state index is 0. The predicted octanol–water partition coefficient (Wildman–Crippen LogP) is 3.23. The number of benzene rings is 1. The van der Waals surface area contributed by atoms with Crippen molar-refractivity contribution < 1.29 is 9.13 Å². The highest BCUT2D eigenvalue weighted by molar-refractivity contribution is 14.0. The normalized spacial score (nSPS) is 15.6. The number of aliphatic imine (C=N–C) groups is 1. The summed E-state index contributed by atoms with van der Waals surface area (Å²) in [7, 11) is 1.80. The van der Waals surface area contributed by atoms with Crippen LogP contribution in [0.4, 0.5) is 4.39 Å². The van der Waals surface area contributed by atoms with Gasteiger partial charge in [0.25, 0.3) is 0 Å². The smallest absolute Gasteiger partial charge is 0.191 e. The molecule has 1 aliphatic rings. The highest BCUT2D eigenvalue weighted by Crippen LogP contribution is 2.11. The molecule has 2 aromatic rings. The number of rotatable bonds is 9. The van der Waals surface area contributed by atoms with E-state index in [0.717, 1.165) is 69.4 Å². The van der Waals surface area contributed by atoms with E-state index >= 15 is 0 Å². The first-order valence-corrected chi connectivity index (χ1v) is 11.1. The molecule has 0 unspecified atom stereocenters. The molecular formula is C23H36FIN6O. The highest BCUT2D eigenvalue weighted by Gasteiger charge is 2.19. The van der Waals surface area contributed by atoms with Crippen LogP contribution in [0.2, 0.25) is 0 Å². The van der Waals surface area contributed by atoms with Crippen LogP contribution in [0, 0.1) is 5.82 Å². The topological polar surface area (TPSA) is 66.7 Å². The summed E-state index contributed by atoms with van der Waals surface area (Å²) in [6, 6.07) is 8.75. The lowest BCUT2D eigenvalue weighted by Crippen LogP contribution is -2.49. The van der Waals surface area contributed by atoms with Crippen molar-refractivity contribution >= 4 is 29.9 Å². The quantitative estimate of drug-likeness (QED) is 0.281. The lowest BCUT2D eigenvalue weighted by molar-refractivity contribution is 0.0532. The average Bonchev–Trinajstić information content (AvgIpc) is 3.23. The fraction of sp³-hybridized carbons (Fsp3) is 0.565. The zero-order chi connectivity index (χ0) is 22.1. The van der Waals surface area contributed by atoms with Crippen molar-refractivity contribution in [3.8, 4) is 5.69 Å². The van der Waals surface area contributed by atoms with Crippen molar-refractivity contribution in [2.75, 3.05) is 39.8 Å². The minimum atomic E-state index is -0.245. The van der Waals surface area contributed by atoms with Crippen LogP contribution in [0.3, 0.4) is 0 Å². The van der Waals surface area contributed by atoms with Gasteiger partial charge < -0.3 is 20.3 Å². The molecule has 2 heterocycles. The van der Waals surface area contributed by atoms with E-state index in [2.05, 4.69) is 39.5 Å². The van der Waals surface area contributed by atoms with Gasteiger partial charge in [-0.25, -0.2) is 9.07 Å². The van der Waals surface area contributed by atoms with Gasteiger partial charge in [-0.05, 0) is 57.0 Å². The summed E-state index contributed by atoms with van der Waals surface area (Å²) in [4.78, 5) is 6.83. The van der Waals surface area contributed by atoms with Gasteiger partial charge in [0.2, 0.25) is 0 Å². The van der Waals surface area contributed by atoms with Crippen molar-refractivity contribution in [1.29, 1.82) is 0 Å². The molecule has 1 aliphatic heterocycles. The van der Waals surface area contributed by atoms with Crippen molar-refractivity contribution in [3.63, 3.8) is 0 Å². The third-order valence-electron chi connectivity index (χ3n) is 5.42. The van der Waals surface area contributed by atoms with Crippen LogP contribution in [0.25, 0.3) is 5.69 Å². The molecule has 0 spiro atoms. The molecule has 1 saturated heterocycles. The number of halogens is 2. The van der Waals surface area contributed by atoms with Crippen LogP contribution >= 0.6 is 24.0 Å². The second kappa shape index (κ2) is 13.7. The molecule has 9 heteroatoms. The Balaban J connectivity index is 0.00000363. The van der Waals surface area contributed by atoms with E-state index in [4.69, 9.17) is 4.74 Å². The number of nitrogens with one attached hydrogen (secondary N) is 2. The SMILES string of the molecule is CN=C(NCCc1ccn(-c2ccc(F)cc2)n1)NC1CCN(CCOC(C)C)CC1.I. The van der Waals surface area contributed by atoms with Crippen LogP contribution in [0.1, 0.15) is 32.4 Å². The molecular weight excluding hydrogens is 522 g/mol. The maximum Gasteiger partial charge on any atom is 0.191 e. The minimum Gasteiger partial charge on any atom is -0.377 e. The standard InChI is InChI=1S/C23H35FN6O.HI/c1-18(2)31-17-16-29-13-9-20(10-14-29)27-23(25-3)26-12-8-21-11-15-30(28-21)22-6-4-19(24)5-7-22;/h4-7,11,15,18,20H,8-10,12-14,16-17H2,1-3H3,(H2,25,26,27);1H. The zero-order valence-electron chi connectivity index (χ0n) is 19.3. The van der Waals surface area contributed by atoms with Gasteiger partial charge in [0, 0.05) is 51.9 Å². The Kier molecular flexibility index (Phi) is 11.4. The van der Waals surface area contributed by atoms with Gasteiger partial charge in [-0.15, -0.1) is 24.0 Å². The molecule has 1 fully saturated rings. The highest BCUT2D eigenvalue weighted by atomic mass is 127. The molecule has 2 N–H and O–H groups in total. The average molecular weight is 558 g/mol. The lowest BCUT2D eigenvalue weighted by Gasteiger charge is -2.33. The second-order valence-corrected chi connectivity index (χ2v) is 8.16. The Morgan fingerprint density at radius 3 is 2.59 bits per heavy atom. The third kappa shape index (κ3) is 8.67. The molecule has 178 valence electrons. The molecule has 0 atom stereocenters. The van der Waals surface area contributed by atoms with Crippen LogP contribution in [-0.4, -0.2) is 72.6 Å². The number of hydrogen-bond donors (Lipinski definition) is 2. The monoisotopic (exact) mass is 558 g/mol. The number of guanidine groups is 1. The van der Waals surface area contributed by atoms with Gasteiger partial charge in [0.05, 0.1) is 24.1 Å². The molecule has 0 amide bonds. The zero-order valence-corrected chi connectivity index (χ0v) is 21.6. The summed E-state index contributed by atoms with van der Waals surface area (Å²) in [5.74, 6) is 0.588. The maximum absolute atomic E-state index is 13.1. The van der Waals surface area contributed by atoms with Gasteiger partial charge in [-0.2, -0.15) is 5.10 Å². The maximum atomic E-state index is 13.1. The molecule has 1 aromatic carbocycles. The first-order chi connectivity index (χ1) is 15.0. The van der Waals surface area contributed by atoms with Gasteiger partial charge in [-0.3, -0.25) is 4.99 Å². The van der Waals surface area contributed by atoms with Gasteiger partial charge in [-0.1, -0.05) is 0 Å². The van der Waals surface area contributed by atoms with Crippen LogP contribution in [0.5, 0.6) is 0 Å². The molecule has 0 saturated carbocycles. The first kappa shape index (κ1) is 26.5. The van der Waals surface area contributed by atoms with Crippen molar-refractivity contribution in [3.05, 3.63) is 48.0 Å². The second-order valence-electron chi connectivity index (χ2n) is 8.16. The van der Waals surface area contributed by atoms with E-state index in [1.807, 2.05) is 12.3 Å². The van der Waals surface area contributed by atoms with Crippen molar-refractivity contribution in [2.45, 2.75) is 45.3 Å². The van der Waals surface area contributed by atoms with E-state index in [0.29, 0.717) is 12.1 Å². The summed E-state index contributed by atoms with van der Waals surface area (Å²) in [5.41, 5.74) is 1.82. The number of hydrogen-bond acceptors (Lipinski definition) is 4.